The maximum Gasteiger partial charge on any atom is 0.214 e. The Bertz CT molecular complexity index is 628. The first-order valence-corrected chi connectivity index (χ1v) is 5.98. The van der Waals surface area contributed by atoms with E-state index < -0.39 is 0 Å². The number of aromatic nitrogens is 1. The summed E-state index contributed by atoms with van der Waals surface area (Å²) in [5.74, 6) is 1.35. The molecule has 20 heavy (non-hydrogen) atoms. The van der Waals surface area contributed by atoms with Gasteiger partial charge in [-0.25, -0.2) is 0 Å². The van der Waals surface area contributed by atoms with Crippen molar-refractivity contribution in [3.63, 3.8) is 0 Å². The molecule has 0 aliphatic rings. The van der Waals surface area contributed by atoms with E-state index in [1.165, 1.54) is 0 Å². The molecule has 1 aromatic carbocycles. The van der Waals surface area contributed by atoms with Gasteiger partial charge in [0.1, 0.15) is 5.82 Å². The van der Waals surface area contributed by atoms with E-state index in [1.807, 2.05) is 42.3 Å². The lowest BCUT2D eigenvalue weighted by Gasteiger charge is -2.19. The van der Waals surface area contributed by atoms with Crippen LogP contribution >= 0.6 is 0 Å². The number of hydrogen-bond acceptors (Lipinski definition) is 5. The number of amidine groups is 1. The highest BCUT2D eigenvalue weighted by molar-refractivity contribution is 5.97. The van der Waals surface area contributed by atoms with E-state index in [0.29, 0.717) is 11.4 Å². The smallest absolute Gasteiger partial charge is 0.214 e. The molecule has 0 saturated heterocycles. The Labute approximate surface area is 117 Å². The molecule has 0 fully saturated rings. The van der Waals surface area contributed by atoms with E-state index in [1.54, 1.807) is 19.2 Å². The first-order valence-electron chi connectivity index (χ1n) is 5.98. The second kappa shape index (κ2) is 5.92. The number of hydrogen-bond donors (Lipinski definition) is 2. The molecule has 0 radical (unpaired) electrons. The zero-order valence-electron chi connectivity index (χ0n) is 11.3. The second-order valence-electron chi connectivity index (χ2n) is 4.13. The van der Waals surface area contributed by atoms with Crippen molar-refractivity contribution in [3.8, 4) is 5.88 Å². The molecule has 0 spiro atoms. The van der Waals surface area contributed by atoms with Crippen LogP contribution in [0.5, 0.6) is 5.88 Å². The molecule has 0 aliphatic heterocycles. The first kappa shape index (κ1) is 13.7. The molecule has 0 atom stereocenters. The minimum absolute atomic E-state index is 0.0684. The Morgan fingerprint density at radius 3 is 2.75 bits per heavy atom. The molecule has 6 nitrogen and oxygen atoms in total. The highest BCUT2D eigenvalue weighted by Crippen LogP contribution is 2.24. The lowest BCUT2D eigenvalue weighted by Crippen LogP contribution is -2.15. The third-order valence-corrected chi connectivity index (χ3v) is 2.90. The van der Waals surface area contributed by atoms with Gasteiger partial charge in [-0.05, 0) is 18.2 Å². The van der Waals surface area contributed by atoms with Gasteiger partial charge in [-0.1, -0.05) is 23.4 Å². The molecule has 1 heterocycles. The summed E-state index contributed by atoms with van der Waals surface area (Å²) in [4.78, 5) is 6.24. The van der Waals surface area contributed by atoms with E-state index in [4.69, 9.17) is 15.7 Å². The van der Waals surface area contributed by atoms with Crippen LogP contribution in [0.1, 0.15) is 5.56 Å². The van der Waals surface area contributed by atoms with Crippen molar-refractivity contribution in [2.75, 3.05) is 19.1 Å². The van der Waals surface area contributed by atoms with Crippen LogP contribution in [-0.4, -0.2) is 30.2 Å². The van der Waals surface area contributed by atoms with E-state index >= 15 is 0 Å². The number of nitrogens with two attached hydrogens (primary N) is 1. The molecule has 0 aliphatic carbocycles. The number of benzene rings is 1. The minimum atomic E-state index is 0.0684. The van der Waals surface area contributed by atoms with Crippen LogP contribution in [-0.2, 0) is 0 Å². The molecule has 6 heteroatoms. The van der Waals surface area contributed by atoms with Gasteiger partial charge in [0.15, 0.2) is 5.84 Å². The lowest BCUT2D eigenvalue weighted by molar-refractivity contribution is 0.318. The summed E-state index contributed by atoms with van der Waals surface area (Å²) < 4.78 is 5.11. The summed E-state index contributed by atoms with van der Waals surface area (Å²) in [6.07, 6.45) is 0. The van der Waals surface area contributed by atoms with Gasteiger partial charge in [0.05, 0.1) is 7.11 Å². The van der Waals surface area contributed by atoms with E-state index in [0.717, 1.165) is 11.5 Å². The highest BCUT2D eigenvalue weighted by atomic mass is 16.5. The Hall–Kier alpha value is -2.76. The third-order valence-electron chi connectivity index (χ3n) is 2.90. The number of anilines is 2. The van der Waals surface area contributed by atoms with Crippen LogP contribution in [0.25, 0.3) is 0 Å². The fourth-order valence-electron chi connectivity index (χ4n) is 1.77. The summed E-state index contributed by atoms with van der Waals surface area (Å²) in [5, 5.41) is 11.7. The SMILES string of the molecule is COc1cccc(N(C)c2cccc(C(N)=NO)c2)n1. The lowest BCUT2D eigenvalue weighted by atomic mass is 10.2. The predicted molar refractivity (Wildman–Crippen MR) is 77.8 cm³/mol. The van der Waals surface area contributed by atoms with Crippen molar-refractivity contribution in [1.29, 1.82) is 0 Å². The van der Waals surface area contributed by atoms with E-state index in [2.05, 4.69) is 10.1 Å². The van der Waals surface area contributed by atoms with E-state index in [9.17, 15) is 0 Å². The van der Waals surface area contributed by atoms with Crippen molar-refractivity contribution >= 4 is 17.3 Å². The van der Waals surface area contributed by atoms with Crippen molar-refractivity contribution in [2.45, 2.75) is 0 Å². The standard InChI is InChI=1S/C14H16N4O2/c1-18(12-7-4-8-13(16-12)20-2)11-6-3-5-10(9-11)14(15)17-19/h3-9,19H,1-2H3,(H2,15,17). The van der Waals surface area contributed by atoms with Crippen LogP contribution in [0.4, 0.5) is 11.5 Å². The molecule has 3 N–H and O–H groups in total. The molecule has 0 saturated carbocycles. The summed E-state index contributed by atoms with van der Waals surface area (Å²) in [6, 6.07) is 12.9. The largest absolute Gasteiger partial charge is 0.481 e. The number of nitrogens with zero attached hydrogens (tertiary/aromatic N) is 3. The predicted octanol–water partition coefficient (Wildman–Crippen LogP) is 1.95. The molecule has 0 bridgehead atoms. The van der Waals surface area contributed by atoms with Crippen LogP contribution in [0, 0.1) is 0 Å². The summed E-state index contributed by atoms with van der Waals surface area (Å²) in [6.45, 7) is 0. The monoisotopic (exact) mass is 272 g/mol. The molecular formula is C14H16N4O2. The van der Waals surface area contributed by atoms with E-state index in [-0.39, 0.29) is 5.84 Å². The maximum atomic E-state index is 8.72. The molecule has 0 amide bonds. The number of rotatable bonds is 4. The van der Waals surface area contributed by atoms with Crippen LogP contribution < -0.4 is 15.4 Å². The molecule has 104 valence electrons. The van der Waals surface area contributed by atoms with Crippen molar-refractivity contribution < 1.29 is 9.94 Å². The number of ether oxygens (including phenoxy) is 1. The first-order chi connectivity index (χ1) is 9.65. The molecular weight excluding hydrogens is 256 g/mol. The van der Waals surface area contributed by atoms with Gasteiger partial charge in [0.2, 0.25) is 5.88 Å². The van der Waals surface area contributed by atoms with Crippen molar-refractivity contribution in [1.82, 2.24) is 4.98 Å². The molecule has 2 rings (SSSR count). The summed E-state index contributed by atoms with van der Waals surface area (Å²) in [7, 11) is 3.46. The normalized spacial score (nSPS) is 11.2. The Kier molecular flexibility index (Phi) is 4.05. The summed E-state index contributed by atoms with van der Waals surface area (Å²) >= 11 is 0. The van der Waals surface area contributed by atoms with Gasteiger partial charge in [-0.3, -0.25) is 0 Å². The van der Waals surface area contributed by atoms with Gasteiger partial charge in [0.25, 0.3) is 0 Å². The number of oxime groups is 1. The van der Waals surface area contributed by atoms with Crippen molar-refractivity contribution in [3.05, 3.63) is 48.0 Å². The quantitative estimate of drug-likeness (QED) is 0.384. The Morgan fingerprint density at radius 1 is 1.30 bits per heavy atom. The average molecular weight is 272 g/mol. The molecule has 1 aromatic heterocycles. The minimum Gasteiger partial charge on any atom is -0.481 e. The summed E-state index contributed by atoms with van der Waals surface area (Å²) in [5.41, 5.74) is 7.10. The van der Waals surface area contributed by atoms with Gasteiger partial charge < -0.3 is 20.6 Å². The Morgan fingerprint density at radius 2 is 2.05 bits per heavy atom. The van der Waals surface area contributed by atoms with Crippen molar-refractivity contribution in [2.24, 2.45) is 10.9 Å². The number of methoxy groups -OCH3 is 1. The fraction of sp³-hybridized carbons (Fsp3) is 0.143. The topological polar surface area (TPSA) is 84.0 Å². The Balaban J connectivity index is 2.35. The second-order valence-corrected chi connectivity index (χ2v) is 4.13. The van der Waals surface area contributed by atoms with Gasteiger partial charge in [-0.15, -0.1) is 0 Å². The average Bonchev–Trinajstić information content (AvgIpc) is 2.53. The highest BCUT2D eigenvalue weighted by Gasteiger charge is 2.08. The zero-order chi connectivity index (χ0) is 14.5. The molecule has 0 unspecified atom stereocenters. The fourth-order valence-corrected chi connectivity index (χ4v) is 1.77. The maximum absolute atomic E-state index is 8.72. The third kappa shape index (κ3) is 2.80. The van der Waals surface area contributed by atoms with Gasteiger partial charge >= 0.3 is 0 Å². The molecule has 2 aromatic rings. The zero-order valence-corrected chi connectivity index (χ0v) is 11.3. The van der Waals surface area contributed by atoms with Gasteiger partial charge in [0, 0.05) is 24.4 Å². The van der Waals surface area contributed by atoms with Crippen LogP contribution in [0.2, 0.25) is 0 Å². The van der Waals surface area contributed by atoms with Gasteiger partial charge in [-0.2, -0.15) is 4.98 Å². The van der Waals surface area contributed by atoms with Crippen LogP contribution in [0.15, 0.2) is 47.6 Å². The number of pyridine rings is 1. The van der Waals surface area contributed by atoms with Crippen LogP contribution in [0.3, 0.4) is 0 Å².